The normalized spacial score (nSPS) is 19.3. The molecule has 0 unspecified atom stereocenters. The summed E-state index contributed by atoms with van der Waals surface area (Å²) in [6.07, 6.45) is -2.11. The van der Waals surface area contributed by atoms with Crippen molar-refractivity contribution >= 4 is 5.91 Å². The quantitative estimate of drug-likeness (QED) is 0.702. The maximum Gasteiger partial charge on any atom is 0.397 e. The standard InChI is InChI=1S/C10H15F3NO/c1-2-8-3-5-14(6-4-8)9(15)7-10(11,12)13/h2,8H,3-7H2,1H3. The molecule has 0 N–H and O–H groups in total. The average molecular weight is 222 g/mol. The number of piperidine rings is 1. The van der Waals surface area contributed by atoms with E-state index in [4.69, 9.17) is 0 Å². The van der Waals surface area contributed by atoms with Crippen LogP contribution in [0.25, 0.3) is 0 Å². The van der Waals surface area contributed by atoms with Crippen LogP contribution in [0, 0.1) is 12.3 Å². The smallest absolute Gasteiger partial charge is 0.342 e. The highest BCUT2D eigenvalue weighted by Gasteiger charge is 2.34. The Labute approximate surface area is 87.4 Å². The van der Waals surface area contributed by atoms with E-state index in [0.29, 0.717) is 19.0 Å². The summed E-state index contributed by atoms with van der Waals surface area (Å²) in [7, 11) is 0. The van der Waals surface area contributed by atoms with Gasteiger partial charge >= 0.3 is 6.18 Å². The van der Waals surface area contributed by atoms with Crippen molar-refractivity contribution in [2.24, 2.45) is 5.92 Å². The average Bonchev–Trinajstić information content (AvgIpc) is 2.15. The maximum absolute atomic E-state index is 12.0. The number of hydrogen-bond acceptors (Lipinski definition) is 1. The molecule has 0 saturated carbocycles. The van der Waals surface area contributed by atoms with Gasteiger partial charge in [0.2, 0.25) is 5.91 Å². The molecule has 1 aliphatic rings. The molecular formula is C10H15F3NO. The van der Waals surface area contributed by atoms with E-state index >= 15 is 0 Å². The van der Waals surface area contributed by atoms with E-state index in [-0.39, 0.29) is 0 Å². The fraction of sp³-hybridized carbons (Fsp3) is 0.800. The number of halogens is 3. The summed E-state index contributed by atoms with van der Waals surface area (Å²) < 4.78 is 35.9. The molecule has 87 valence electrons. The van der Waals surface area contributed by atoms with Crippen molar-refractivity contribution in [3.05, 3.63) is 6.42 Å². The number of rotatable bonds is 2. The minimum atomic E-state index is -4.38. The number of likely N-dealkylation sites (tertiary alicyclic amines) is 1. The third-order valence-electron chi connectivity index (χ3n) is 2.72. The van der Waals surface area contributed by atoms with Crippen LogP contribution < -0.4 is 0 Å². The molecule has 2 nitrogen and oxygen atoms in total. The molecular weight excluding hydrogens is 207 g/mol. The van der Waals surface area contributed by atoms with Crippen molar-refractivity contribution < 1.29 is 18.0 Å². The Kier molecular flexibility index (Phi) is 3.99. The van der Waals surface area contributed by atoms with Gasteiger partial charge in [-0.1, -0.05) is 6.92 Å². The Hall–Kier alpha value is -0.740. The lowest BCUT2D eigenvalue weighted by Crippen LogP contribution is -2.40. The zero-order chi connectivity index (χ0) is 11.5. The van der Waals surface area contributed by atoms with Crippen LogP contribution in [0.1, 0.15) is 26.2 Å². The Balaban J connectivity index is 2.37. The van der Waals surface area contributed by atoms with Gasteiger partial charge in [0.05, 0.1) is 0 Å². The number of nitrogens with zero attached hydrogens (tertiary/aromatic N) is 1. The molecule has 1 rings (SSSR count). The van der Waals surface area contributed by atoms with Gasteiger partial charge in [0, 0.05) is 13.1 Å². The predicted octanol–water partition coefficient (Wildman–Crippen LogP) is 2.40. The SMILES string of the molecule is C[CH]C1CCN(C(=O)CC(F)(F)F)CC1. The van der Waals surface area contributed by atoms with Crippen molar-refractivity contribution in [3.63, 3.8) is 0 Å². The second kappa shape index (κ2) is 4.86. The molecule has 1 amide bonds. The second-order valence-electron chi connectivity index (χ2n) is 3.84. The summed E-state index contributed by atoms with van der Waals surface area (Å²) in [6, 6.07) is 0. The molecule has 1 saturated heterocycles. The summed E-state index contributed by atoms with van der Waals surface area (Å²) >= 11 is 0. The fourth-order valence-electron chi connectivity index (χ4n) is 1.77. The lowest BCUT2D eigenvalue weighted by atomic mass is 9.94. The highest BCUT2D eigenvalue weighted by molar-refractivity contribution is 5.76. The summed E-state index contributed by atoms with van der Waals surface area (Å²) in [6.45, 7) is 2.84. The number of amides is 1. The van der Waals surface area contributed by atoms with Crippen molar-refractivity contribution in [1.29, 1.82) is 0 Å². The third-order valence-corrected chi connectivity index (χ3v) is 2.72. The highest BCUT2D eigenvalue weighted by atomic mass is 19.4. The van der Waals surface area contributed by atoms with E-state index in [2.05, 4.69) is 0 Å². The maximum atomic E-state index is 12.0. The molecule has 0 spiro atoms. The molecule has 1 aliphatic heterocycles. The Morgan fingerprint density at radius 1 is 1.40 bits per heavy atom. The van der Waals surface area contributed by atoms with Crippen LogP contribution in [-0.2, 0) is 4.79 Å². The molecule has 0 aromatic carbocycles. The first-order chi connectivity index (χ1) is 6.92. The summed E-state index contributed by atoms with van der Waals surface area (Å²) in [5.74, 6) is -0.350. The van der Waals surface area contributed by atoms with Crippen LogP contribution in [0.5, 0.6) is 0 Å². The van der Waals surface area contributed by atoms with Crippen LogP contribution in [0.2, 0.25) is 0 Å². The molecule has 5 heteroatoms. The molecule has 0 aromatic heterocycles. The van der Waals surface area contributed by atoms with Gasteiger partial charge in [-0.2, -0.15) is 13.2 Å². The number of carbonyl (C=O) groups excluding carboxylic acids is 1. The number of carbonyl (C=O) groups is 1. The van der Waals surface area contributed by atoms with E-state index < -0.39 is 18.5 Å². The first-order valence-corrected chi connectivity index (χ1v) is 5.06. The molecule has 0 bridgehead atoms. The van der Waals surface area contributed by atoms with Crippen molar-refractivity contribution in [2.45, 2.75) is 32.4 Å². The Morgan fingerprint density at radius 3 is 2.33 bits per heavy atom. The monoisotopic (exact) mass is 222 g/mol. The minimum absolute atomic E-state index is 0.444. The molecule has 0 aromatic rings. The lowest BCUT2D eigenvalue weighted by molar-refractivity contribution is -0.162. The fourth-order valence-corrected chi connectivity index (χ4v) is 1.77. The molecule has 0 aliphatic carbocycles. The first kappa shape index (κ1) is 12.3. The molecule has 1 radical (unpaired) electrons. The van der Waals surface area contributed by atoms with E-state index in [1.807, 2.05) is 13.3 Å². The number of hydrogen-bond donors (Lipinski definition) is 0. The van der Waals surface area contributed by atoms with E-state index in [1.54, 1.807) is 0 Å². The van der Waals surface area contributed by atoms with Gasteiger partial charge in [0.15, 0.2) is 0 Å². The van der Waals surface area contributed by atoms with Gasteiger partial charge in [-0.05, 0) is 25.2 Å². The molecule has 15 heavy (non-hydrogen) atoms. The minimum Gasteiger partial charge on any atom is -0.342 e. The van der Waals surface area contributed by atoms with Gasteiger partial charge in [-0.3, -0.25) is 4.79 Å². The van der Waals surface area contributed by atoms with Crippen LogP contribution >= 0.6 is 0 Å². The van der Waals surface area contributed by atoms with Gasteiger partial charge in [0.1, 0.15) is 6.42 Å². The third kappa shape index (κ3) is 4.10. The van der Waals surface area contributed by atoms with E-state index in [9.17, 15) is 18.0 Å². The van der Waals surface area contributed by atoms with Gasteiger partial charge in [-0.25, -0.2) is 0 Å². The van der Waals surface area contributed by atoms with Crippen LogP contribution in [0.4, 0.5) is 13.2 Å². The molecule has 1 heterocycles. The lowest BCUT2D eigenvalue weighted by Gasteiger charge is -2.31. The zero-order valence-electron chi connectivity index (χ0n) is 8.68. The second-order valence-corrected chi connectivity index (χ2v) is 3.84. The van der Waals surface area contributed by atoms with Crippen LogP contribution in [-0.4, -0.2) is 30.1 Å². The van der Waals surface area contributed by atoms with Gasteiger partial charge in [0.25, 0.3) is 0 Å². The predicted molar refractivity (Wildman–Crippen MR) is 50.0 cm³/mol. The topological polar surface area (TPSA) is 20.3 Å². The molecule has 1 fully saturated rings. The van der Waals surface area contributed by atoms with Crippen molar-refractivity contribution in [3.8, 4) is 0 Å². The number of alkyl halides is 3. The van der Waals surface area contributed by atoms with E-state index in [0.717, 1.165) is 12.8 Å². The first-order valence-electron chi connectivity index (χ1n) is 5.06. The van der Waals surface area contributed by atoms with Crippen molar-refractivity contribution in [2.75, 3.05) is 13.1 Å². The largest absolute Gasteiger partial charge is 0.397 e. The zero-order valence-corrected chi connectivity index (χ0v) is 8.68. The van der Waals surface area contributed by atoms with Crippen LogP contribution in [0.3, 0.4) is 0 Å². The Morgan fingerprint density at radius 2 is 1.93 bits per heavy atom. The molecule has 0 atom stereocenters. The Bertz CT molecular complexity index is 219. The highest BCUT2D eigenvalue weighted by Crippen LogP contribution is 2.24. The van der Waals surface area contributed by atoms with Crippen molar-refractivity contribution in [1.82, 2.24) is 4.90 Å². The van der Waals surface area contributed by atoms with Crippen LogP contribution in [0.15, 0.2) is 0 Å². The van der Waals surface area contributed by atoms with Gasteiger partial charge in [-0.15, -0.1) is 0 Å². The van der Waals surface area contributed by atoms with E-state index in [1.165, 1.54) is 4.90 Å². The summed E-state index contributed by atoms with van der Waals surface area (Å²) in [5.41, 5.74) is 0. The summed E-state index contributed by atoms with van der Waals surface area (Å²) in [5, 5.41) is 0. The summed E-state index contributed by atoms with van der Waals surface area (Å²) in [4.78, 5) is 12.5. The van der Waals surface area contributed by atoms with Gasteiger partial charge < -0.3 is 4.90 Å².